The lowest BCUT2D eigenvalue weighted by Gasteiger charge is -2.18. The molecular formula is C14H21ClN2O2. The molecule has 1 aliphatic heterocycles. The summed E-state index contributed by atoms with van der Waals surface area (Å²) in [7, 11) is 0. The van der Waals surface area contributed by atoms with Crippen LogP contribution >= 0.6 is 11.6 Å². The third kappa shape index (κ3) is 2.56. The second-order valence-electron chi connectivity index (χ2n) is 5.36. The maximum atomic E-state index is 12.8. The molecule has 2 heterocycles. The van der Waals surface area contributed by atoms with Crippen LogP contribution in [0.4, 0.5) is 0 Å². The van der Waals surface area contributed by atoms with Crippen molar-refractivity contribution in [3.05, 3.63) is 16.9 Å². The second kappa shape index (κ2) is 5.63. The SMILES string of the molecule is CCCn1ncc(Cl)c1C(=O)C1C(C)OC(C)C1C. The monoisotopic (exact) mass is 284 g/mol. The molecular weight excluding hydrogens is 264 g/mol. The molecule has 1 saturated heterocycles. The Morgan fingerprint density at radius 2 is 2.11 bits per heavy atom. The van der Waals surface area contributed by atoms with E-state index in [-0.39, 0.29) is 29.8 Å². The molecule has 2 rings (SSSR count). The highest BCUT2D eigenvalue weighted by Crippen LogP contribution is 2.35. The van der Waals surface area contributed by atoms with Crippen LogP contribution in [0.25, 0.3) is 0 Å². The van der Waals surface area contributed by atoms with Crippen LogP contribution in [0, 0.1) is 11.8 Å². The fourth-order valence-electron chi connectivity index (χ4n) is 2.87. The number of nitrogens with zero attached hydrogens (tertiary/aromatic N) is 2. The van der Waals surface area contributed by atoms with Crippen LogP contribution in [0.3, 0.4) is 0 Å². The summed E-state index contributed by atoms with van der Waals surface area (Å²) in [5.74, 6) is 0.114. The average molecular weight is 285 g/mol. The van der Waals surface area contributed by atoms with Crippen LogP contribution in [0.2, 0.25) is 5.02 Å². The van der Waals surface area contributed by atoms with E-state index in [0.717, 1.165) is 6.42 Å². The lowest BCUT2D eigenvalue weighted by Crippen LogP contribution is -2.29. The van der Waals surface area contributed by atoms with E-state index >= 15 is 0 Å². The van der Waals surface area contributed by atoms with Gasteiger partial charge in [0, 0.05) is 6.54 Å². The summed E-state index contributed by atoms with van der Waals surface area (Å²) in [6, 6.07) is 0. The van der Waals surface area contributed by atoms with Crippen LogP contribution in [-0.4, -0.2) is 27.8 Å². The number of carbonyl (C=O) groups is 1. The number of aromatic nitrogens is 2. The zero-order valence-electron chi connectivity index (χ0n) is 11.9. The van der Waals surface area contributed by atoms with Gasteiger partial charge in [-0.3, -0.25) is 9.48 Å². The van der Waals surface area contributed by atoms with Crippen LogP contribution in [0.1, 0.15) is 44.6 Å². The van der Waals surface area contributed by atoms with Gasteiger partial charge in [0.25, 0.3) is 0 Å². The molecule has 0 saturated carbocycles. The van der Waals surface area contributed by atoms with Crippen molar-refractivity contribution in [2.75, 3.05) is 0 Å². The molecule has 0 radical (unpaired) electrons. The molecule has 0 amide bonds. The molecule has 4 atom stereocenters. The fourth-order valence-corrected chi connectivity index (χ4v) is 3.10. The number of halogens is 1. The van der Waals surface area contributed by atoms with Crippen molar-refractivity contribution in [3.8, 4) is 0 Å². The van der Waals surface area contributed by atoms with E-state index in [0.29, 0.717) is 17.3 Å². The Morgan fingerprint density at radius 1 is 1.42 bits per heavy atom. The Morgan fingerprint density at radius 3 is 2.63 bits per heavy atom. The van der Waals surface area contributed by atoms with Gasteiger partial charge in [-0.25, -0.2) is 0 Å². The Bertz CT molecular complexity index is 472. The van der Waals surface area contributed by atoms with Crippen LogP contribution in [-0.2, 0) is 11.3 Å². The number of ether oxygens (including phenoxy) is 1. The molecule has 0 spiro atoms. The second-order valence-corrected chi connectivity index (χ2v) is 5.77. The van der Waals surface area contributed by atoms with Gasteiger partial charge in [0.05, 0.1) is 29.3 Å². The molecule has 1 aromatic rings. The van der Waals surface area contributed by atoms with Gasteiger partial charge in [0.15, 0.2) is 5.78 Å². The van der Waals surface area contributed by atoms with Crippen molar-refractivity contribution in [2.24, 2.45) is 11.8 Å². The lowest BCUT2D eigenvalue weighted by atomic mass is 9.85. The highest BCUT2D eigenvalue weighted by molar-refractivity contribution is 6.33. The average Bonchev–Trinajstić information content (AvgIpc) is 2.81. The third-order valence-electron chi connectivity index (χ3n) is 4.01. The fraction of sp³-hybridized carbons (Fsp3) is 0.714. The van der Waals surface area contributed by atoms with Gasteiger partial charge in [-0.1, -0.05) is 25.4 Å². The van der Waals surface area contributed by atoms with E-state index in [1.54, 1.807) is 10.9 Å². The topological polar surface area (TPSA) is 44.1 Å². The van der Waals surface area contributed by atoms with Gasteiger partial charge in [0.1, 0.15) is 5.69 Å². The number of hydrogen-bond acceptors (Lipinski definition) is 3. The molecule has 4 nitrogen and oxygen atoms in total. The van der Waals surface area contributed by atoms with Gasteiger partial charge in [-0.15, -0.1) is 0 Å². The van der Waals surface area contributed by atoms with E-state index < -0.39 is 0 Å². The van der Waals surface area contributed by atoms with Crippen molar-refractivity contribution in [1.29, 1.82) is 0 Å². The summed E-state index contributed by atoms with van der Waals surface area (Å²) in [5, 5.41) is 4.63. The number of ketones is 1. The van der Waals surface area contributed by atoms with Crippen LogP contribution in [0.5, 0.6) is 0 Å². The first-order chi connectivity index (χ1) is 8.97. The van der Waals surface area contributed by atoms with Gasteiger partial charge in [-0.2, -0.15) is 5.10 Å². The number of hydrogen-bond donors (Lipinski definition) is 0. The first-order valence-corrected chi connectivity index (χ1v) is 7.26. The molecule has 1 aromatic heterocycles. The summed E-state index contributed by atoms with van der Waals surface area (Å²) >= 11 is 6.14. The van der Waals surface area contributed by atoms with E-state index in [2.05, 4.69) is 18.9 Å². The van der Waals surface area contributed by atoms with E-state index in [1.807, 2.05) is 13.8 Å². The van der Waals surface area contributed by atoms with Crippen molar-refractivity contribution in [3.63, 3.8) is 0 Å². The van der Waals surface area contributed by atoms with Crippen molar-refractivity contribution in [2.45, 2.75) is 52.9 Å². The van der Waals surface area contributed by atoms with Gasteiger partial charge < -0.3 is 4.74 Å². The Hall–Kier alpha value is -0.870. The van der Waals surface area contributed by atoms with E-state index in [9.17, 15) is 4.79 Å². The van der Waals surface area contributed by atoms with Gasteiger partial charge >= 0.3 is 0 Å². The summed E-state index contributed by atoms with van der Waals surface area (Å²) < 4.78 is 7.47. The van der Waals surface area contributed by atoms with Crippen LogP contribution in [0.15, 0.2) is 6.20 Å². The van der Waals surface area contributed by atoms with Crippen molar-refractivity contribution in [1.82, 2.24) is 9.78 Å². The Kier molecular flexibility index (Phi) is 4.31. The molecule has 5 heteroatoms. The van der Waals surface area contributed by atoms with Crippen LogP contribution < -0.4 is 0 Å². The maximum Gasteiger partial charge on any atom is 0.188 e. The molecule has 1 fully saturated rings. The zero-order chi connectivity index (χ0) is 14.2. The van der Waals surface area contributed by atoms with E-state index in [1.165, 1.54) is 0 Å². The lowest BCUT2D eigenvalue weighted by molar-refractivity contribution is 0.0489. The highest BCUT2D eigenvalue weighted by Gasteiger charge is 2.43. The molecule has 1 aliphatic rings. The summed E-state index contributed by atoms with van der Waals surface area (Å²) in [4.78, 5) is 12.8. The Labute approximate surface area is 119 Å². The predicted molar refractivity (Wildman–Crippen MR) is 74.5 cm³/mol. The first kappa shape index (κ1) is 14.5. The molecule has 0 N–H and O–H groups in total. The molecule has 0 bridgehead atoms. The summed E-state index contributed by atoms with van der Waals surface area (Å²) in [6.07, 6.45) is 2.50. The summed E-state index contributed by atoms with van der Waals surface area (Å²) in [6.45, 7) is 8.79. The zero-order valence-corrected chi connectivity index (χ0v) is 12.6. The standard InChI is InChI=1S/C14H21ClN2O2/c1-5-6-17-13(11(15)7-16-17)14(18)12-8(2)9(3)19-10(12)4/h7-10,12H,5-6H2,1-4H3. The van der Waals surface area contributed by atoms with Gasteiger partial charge in [0.2, 0.25) is 0 Å². The number of aryl methyl sites for hydroxylation is 1. The summed E-state index contributed by atoms with van der Waals surface area (Å²) in [5.41, 5.74) is 0.532. The number of carbonyl (C=O) groups excluding carboxylic acids is 1. The Balaban J connectivity index is 2.31. The normalized spacial score (nSPS) is 30.8. The molecule has 106 valence electrons. The molecule has 19 heavy (non-hydrogen) atoms. The van der Waals surface area contributed by atoms with Crippen molar-refractivity contribution >= 4 is 17.4 Å². The maximum absolute atomic E-state index is 12.8. The molecule has 0 aliphatic carbocycles. The molecule has 0 aromatic carbocycles. The largest absolute Gasteiger partial charge is 0.374 e. The minimum atomic E-state index is -0.139. The first-order valence-electron chi connectivity index (χ1n) is 6.88. The minimum Gasteiger partial charge on any atom is -0.374 e. The quantitative estimate of drug-likeness (QED) is 0.798. The number of Topliss-reactive ketones (excluding diaryl/α,β-unsaturated/α-hetero) is 1. The van der Waals surface area contributed by atoms with Gasteiger partial charge in [-0.05, 0) is 26.2 Å². The predicted octanol–water partition coefficient (Wildman–Crippen LogP) is 3.19. The molecule has 4 unspecified atom stereocenters. The minimum absolute atomic E-state index is 0.0558. The smallest absolute Gasteiger partial charge is 0.188 e. The highest BCUT2D eigenvalue weighted by atomic mass is 35.5. The number of rotatable bonds is 4. The third-order valence-corrected chi connectivity index (χ3v) is 4.28. The van der Waals surface area contributed by atoms with E-state index in [4.69, 9.17) is 16.3 Å². The van der Waals surface area contributed by atoms with Crippen molar-refractivity contribution < 1.29 is 9.53 Å².